The highest BCUT2D eigenvalue weighted by Gasteiger charge is 2.17. The molecule has 0 fully saturated rings. The van der Waals surface area contributed by atoms with Gasteiger partial charge in [-0.1, -0.05) is 121 Å². The molecule has 0 amide bonds. The first-order valence-corrected chi connectivity index (χ1v) is 11.4. The molecule has 1 heteroatoms. The molecular weight excluding hydrogens is 472 g/mol. The number of benzene rings is 7. The fourth-order valence-corrected chi connectivity index (χ4v) is 4.51. The van der Waals surface area contributed by atoms with Crippen molar-refractivity contribution < 1.29 is 37.3 Å². The first-order valence-electron chi connectivity index (χ1n) is 23.4. The van der Waals surface area contributed by atoms with Crippen LogP contribution in [-0.4, -0.2) is 0 Å². The second-order valence-corrected chi connectivity index (χ2v) is 8.26. The summed E-state index contributed by atoms with van der Waals surface area (Å²) >= 11 is 0. The third-order valence-corrected chi connectivity index (χ3v) is 6.14. The van der Waals surface area contributed by atoms with Gasteiger partial charge in [0.25, 0.3) is 0 Å². The zero-order valence-electron chi connectivity index (χ0n) is 43.4. The van der Waals surface area contributed by atoms with Crippen LogP contribution < -0.4 is 0 Å². The molecule has 0 aliphatic rings. The van der Waals surface area contributed by atoms with Crippen LogP contribution >= 0.6 is 0 Å². The Labute approximate surface area is 260 Å². The van der Waals surface area contributed by atoms with Gasteiger partial charge < -0.3 is 4.42 Å². The van der Waals surface area contributed by atoms with Crippen molar-refractivity contribution in [2.45, 2.75) is 0 Å². The molecule has 0 aliphatic heterocycles. The molecule has 1 aromatic heterocycles. The van der Waals surface area contributed by atoms with Crippen molar-refractivity contribution in [2.75, 3.05) is 0 Å². The fourth-order valence-electron chi connectivity index (χ4n) is 4.51. The first-order chi connectivity index (χ1) is 29.3. The van der Waals surface area contributed by atoms with Gasteiger partial charge in [-0.25, -0.2) is 0 Å². The zero-order chi connectivity index (χ0) is 46.6. The average molecular weight is 521 g/mol. The lowest BCUT2D eigenvalue weighted by Gasteiger charge is -2.17. The Balaban J connectivity index is 1.66. The Morgan fingerprint density at radius 3 is 1.28 bits per heavy atom. The highest BCUT2D eigenvalue weighted by atomic mass is 16.3. The highest BCUT2D eigenvalue weighted by molar-refractivity contribution is 6.22. The van der Waals surface area contributed by atoms with Gasteiger partial charge in [-0.15, -0.1) is 0 Å². The Kier molecular flexibility index (Phi) is 1.94. The predicted octanol–water partition coefficient (Wildman–Crippen LogP) is 10.9. The minimum atomic E-state index is -0.930. The van der Waals surface area contributed by atoms with Gasteiger partial charge in [-0.2, -0.15) is 0 Å². The second kappa shape index (κ2) is 8.72. The zero-order valence-corrected chi connectivity index (χ0v) is 19.4. The molecule has 0 radical (unpaired) electrons. The standard InChI is InChI=1S/C38H24O/c1-3-11-25(12-4-1)27-19-21-29-30-22-20-28(24-36(30)39-35(29)23-27)38-33-17-9-7-15-31(33)37(26-13-5-2-6-14-26)32-16-8-10-18-34(32)38/h1-24H/i1D,2D,3D,4D,5D,6D,7D,8D,9D,10D,11D,12D,13D,14D,15D,16D,17D,18D,19D,20D,21D,22D,23D,24D. The maximum Gasteiger partial charge on any atom is 0.136 e. The lowest BCUT2D eigenvalue weighted by molar-refractivity contribution is 0.669. The van der Waals surface area contributed by atoms with E-state index in [9.17, 15) is 6.85 Å². The van der Waals surface area contributed by atoms with Crippen molar-refractivity contribution in [1.82, 2.24) is 0 Å². The summed E-state index contributed by atoms with van der Waals surface area (Å²) in [5, 5.41) is -3.48. The summed E-state index contributed by atoms with van der Waals surface area (Å²) in [5.74, 6) is 0. The number of rotatable bonds is 3. The van der Waals surface area contributed by atoms with Crippen LogP contribution in [0.4, 0.5) is 0 Å². The third kappa shape index (κ3) is 3.48. The van der Waals surface area contributed by atoms with E-state index in [0.29, 0.717) is 0 Å². The van der Waals surface area contributed by atoms with Crippen molar-refractivity contribution >= 4 is 43.5 Å². The van der Waals surface area contributed by atoms with Gasteiger partial charge in [0, 0.05) is 10.8 Å². The van der Waals surface area contributed by atoms with E-state index in [1.807, 2.05) is 0 Å². The Morgan fingerprint density at radius 2 is 0.744 bits per heavy atom. The van der Waals surface area contributed by atoms with Crippen molar-refractivity contribution in [3.8, 4) is 33.4 Å². The van der Waals surface area contributed by atoms with E-state index in [0.717, 1.165) is 0 Å². The molecule has 0 saturated heterocycles. The normalized spacial score (nSPS) is 20.2. The van der Waals surface area contributed by atoms with Gasteiger partial charge in [-0.05, 0) is 79.1 Å². The third-order valence-electron chi connectivity index (χ3n) is 6.14. The number of fused-ring (bicyclic) bond motifs is 5. The van der Waals surface area contributed by atoms with Gasteiger partial charge in [0.2, 0.25) is 0 Å². The lowest BCUT2D eigenvalue weighted by Crippen LogP contribution is -1.90. The molecule has 39 heavy (non-hydrogen) atoms. The maximum absolute atomic E-state index is 9.55. The van der Waals surface area contributed by atoms with E-state index in [4.69, 9.17) is 30.5 Å². The van der Waals surface area contributed by atoms with Gasteiger partial charge in [-0.3, -0.25) is 0 Å². The molecular formula is C38H24O. The van der Waals surface area contributed by atoms with Gasteiger partial charge in [0.1, 0.15) is 11.2 Å². The van der Waals surface area contributed by atoms with Crippen LogP contribution in [0.1, 0.15) is 32.9 Å². The molecule has 182 valence electrons. The van der Waals surface area contributed by atoms with E-state index in [-0.39, 0.29) is 0 Å². The van der Waals surface area contributed by atoms with Gasteiger partial charge in [0.15, 0.2) is 0 Å². The molecule has 1 nitrogen and oxygen atoms in total. The molecule has 8 aromatic rings. The summed E-state index contributed by atoms with van der Waals surface area (Å²) in [4.78, 5) is 0. The summed E-state index contributed by atoms with van der Waals surface area (Å²) < 4.78 is 216. The quantitative estimate of drug-likeness (QED) is 0.211. The molecule has 0 saturated carbocycles. The van der Waals surface area contributed by atoms with E-state index >= 15 is 0 Å². The summed E-state index contributed by atoms with van der Waals surface area (Å²) in [6.07, 6.45) is 0. The van der Waals surface area contributed by atoms with E-state index < -0.39 is 222 Å². The minimum Gasteiger partial charge on any atom is -0.456 e. The summed E-state index contributed by atoms with van der Waals surface area (Å²) in [5.41, 5.74) is -5.19. The molecule has 0 atom stereocenters. The molecule has 0 aliphatic carbocycles. The van der Waals surface area contributed by atoms with Crippen LogP contribution in [0, 0.1) is 0 Å². The minimum absolute atomic E-state index is 0.454. The van der Waals surface area contributed by atoms with Crippen molar-refractivity contribution in [3.05, 3.63) is 145 Å². The first kappa shape index (κ1) is 8.69. The molecule has 1 heterocycles. The number of furan rings is 1. The Bertz CT molecular complexity index is 3360. The monoisotopic (exact) mass is 520 g/mol. The summed E-state index contributed by atoms with van der Waals surface area (Å²) in [6.45, 7) is 0. The molecule has 0 bridgehead atoms. The molecule has 0 N–H and O–H groups in total. The second-order valence-electron chi connectivity index (χ2n) is 8.26. The van der Waals surface area contributed by atoms with Crippen molar-refractivity contribution in [3.63, 3.8) is 0 Å². The van der Waals surface area contributed by atoms with Gasteiger partial charge >= 0.3 is 0 Å². The van der Waals surface area contributed by atoms with Crippen LogP contribution in [0.3, 0.4) is 0 Å². The molecule has 7 aromatic carbocycles. The molecule has 0 spiro atoms. The van der Waals surface area contributed by atoms with Crippen molar-refractivity contribution in [2.24, 2.45) is 0 Å². The van der Waals surface area contributed by atoms with E-state index in [2.05, 4.69) is 0 Å². The fraction of sp³-hybridized carbons (Fsp3) is 0. The highest BCUT2D eigenvalue weighted by Crippen LogP contribution is 2.44. The van der Waals surface area contributed by atoms with Crippen LogP contribution in [0.25, 0.3) is 76.9 Å². The summed E-state index contributed by atoms with van der Waals surface area (Å²) in [6, 6.07) is -20.8. The SMILES string of the molecule is [2H]c1c([2H])c([2H])c(-c2c([2H])c([2H])c3c(oc4c([2H])c(-c5c6c([2H])c([2H])c([2H])c([2H])c6c(-c6c([2H])c([2H])c([2H])c([2H])c6[2H])c6c([2H])c([2H])c([2H])c([2H])c56)c([2H])c([2H])c43)c2[2H])c([2H])c1[2H]. The number of hydrogen-bond donors (Lipinski definition) is 0. The Hall–Kier alpha value is -5.14. The average Bonchev–Trinajstić information content (AvgIpc) is 3.67. The Morgan fingerprint density at radius 1 is 0.333 bits per heavy atom. The lowest BCUT2D eigenvalue weighted by atomic mass is 9.86. The van der Waals surface area contributed by atoms with Crippen LogP contribution in [0.2, 0.25) is 0 Å². The van der Waals surface area contributed by atoms with Crippen LogP contribution in [0.5, 0.6) is 0 Å². The topological polar surface area (TPSA) is 13.1 Å². The van der Waals surface area contributed by atoms with Crippen LogP contribution in [0.15, 0.2) is 149 Å². The van der Waals surface area contributed by atoms with E-state index in [1.54, 1.807) is 0 Å². The molecule has 8 rings (SSSR count). The number of hydrogen-bond acceptors (Lipinski definition) is 1. The van der Waals surface area contributed by atoms with Crippen molar-refractivity contribution in [1.29, 1.82) is 0 Å². The maximum atomic E-state index is 9.55. The van der Waals surface area contributed by atoms with E-state index in [1.165, 1.54) is 0 Å². The van der Waals surface area contributed by atoms with Crippen LogP contribution in [-0.2, 0) is 0 Å². The summed E-state index contributed by atoms with van der Waals surface area (Å²) in [7, 11) is 0. The predicted molar refractivity (Wildman–Crippen MR) is 165 cm³/mol. The smallest absolute Gasteiger partial charge is 0.136 e. The molecule has 0 unspecified atom stereocenters. The largest absolute Gasteiger partial charge is 0.456 e. The van der Waals surface area contributed by atoms with Gasteiger partial charge in [0.05, 0.1) is 32.9 Å².